The molecule has 1 saturated heterocycles. The van der Waals surface area contributed by atoms with E-state index < -0.39 is 11.7 Å². The van der Waals surface area contributed by atoms with Crippen molar-refractivity contribution in [3.63, 3.8) is 0 Å². The lowest BCUT2D eigenvalue weighted by molar-refractivity contribution is -0.137. The van der Waals surface area contributed by atoms with Crippen LogP contribution in [0.25, 0.3) is 22.2 Å². The monoisotopic (exact) mass is 504 g/mol. The zero-order chi connectivity index (χ0) is 26.0. The van der Waals surface area contributed by atoms with Crippen molar-refractivity contribution in [1.29, 1.82) is 0 Å². The number of amides is 1. The summed E-state index contributed by atoms with van der Waals surface area (Å²) in [6.45, 7) is 4.81. The van der Waals surface area contributed by atoms with Gasteiger partial charge in [0.2, 0.25) is 0 Å². The topological polar surface area (TPSA) is 48.5 Å². The molecule has 0 aliphatic carbocycles. The van der Waals surface area contributed by atoms with Gasteiger partial charge in [-0.3, -0.25) is 9.69 Å². The van der Waals surface area contributed by atoms with E-state index in [1.165, 1.54) is 6.07 Å². The van der Waals surface area contributed by atoms with Crippen LogP contribution in [0.15, 0.2) is 78.9 Å². The van der Waals surface area contributed by atoms with Gasteiger partial charge >= 0.3 is 6.18 Å². The first-order valence-electron chi connectivity index (χ1n) is 12.1. The number of pyridine rings is 1. The molecule has 4 aromatic rings. The molecule has 1 aliphatic heterocycles. The van der Waals surface area contributed by atoms with E-state index in [0.717, 1.165) is 55.8 Å². The second-order valence-electron chi connectivity index (χ2n) is 9.39. The number of anilines is 1. The molecule has 2 heterocycles. The summed E-state index contributed by atoms with van der Waals surface area (Å²) in [7, 11) is 2.12. The van der Waals surface area contributed by atoms with Crippen molar-refractivity contribution in [2.75, 3.05) is 38.5 Å². The van der Waals surface area contributed by atoms with Crippen molar-refractivity contribution >= 4 is 22.5 Å². The molecule has 0 radical (unpaired) electrons. The third-order valence-corrected chi connectivity index (χ3v) is 6.65. The van der Waals surface area contributed by atoms with Gasteiger partial charge in [0.05, 0.1) is 22.5 Å². The van der Waals surface area contributed by atoms with Crippen LogP contribution in [0.1, 0.15) is 21.5 Å². The molecule has 0 spiro atoms. The minimum atomic E-state index is -4.44. The summed E-state index contributed by atoms with van der Waals surface area (Å²) in [6.07, 6.45) is -4.44. The number of benzene rings is 3. The molecule has 0 saturated carbocycles. The molecule has 5 nitrogen and oxygen atoms in total. The third kappa shape index (κ3) is 5.81. The number of carbonyl (C=O) groups is 1. The maximum atomic E-state index is 13.2. The van der Waals surface area contributed by atoms with Gasteiger partial charge < -0.3 is 10.2 Å². The van der Waals surface area contributed by atoms with E-state index in [2.05, 4.69) is 27.1 Å². The molecule has 8 heteroatoms. The lowest BCUT2D eigenvalue weighted by atomic mass is 10.1. The summed E-state index contributed by atoms with van der Waals surface area (Å²) in [5.74, 6) is -0.265. The maximum Gasteiger partial charge on any atom is 0.416 e. The standard InChI is InChI=1S/C29H27F3N4O/c1-35-13-15-36(16-14-35)19-20-5-2-8-23(17-20)28(37)34-26-10-4-6-21-11-12-25(33-27(21)26)22-7-3-9-24(18-22)29(30,31)32/h2-12,17-18H,13-16,19H2,1H3,(H,34,37). The lowest BCUT2D eigenvalue weighted by Gasteiger charge is -2.32. The summed E-state index contributed by atoms with van der Waals surface area (Å²) in [5, 5.41) is 3.73. The third-order valence-electron chi connectivity index (χ3n) is 6.65. The van der Waals surface area contributed by atoms with Gasteiger partial charge in [-0.2, -0.15) is 13.2 Å². The molecule has 1 aromatic heterocycles. The number of halogens is 3. The molecule has 0 bridgehead atoms. The Morgan fingerprint density at radius 3 is 2.46 bits per heavy atom. The predicted molar refractivity (Wildman–Crippen MR) is 139 cm³/mol. The van der Waals surface area contributed by atoms with E-state index in [1.807, 2.05) is 30.3 Å². The lowest BCUT2D eigenvalue weighted by Crippen LogP contribution is -2.43. The zero-order valence-corrected chi connectivity index (χ0v) is 20.4. The summed E-state index contributed by atoms with van der Waals surface area (Å²) in [5.41, 5.74) is 2.65. The van der Waals surface area contributed by atoms with E-state index in [-0.39, 0.29) is 5.91 Å². The molecular weight excluding hydrogens is 477 g/mol. The van der Waals surface area contributed by atoms with E-state index in [0.29, 0.717) is 28.0 Å². The number of nitrogens with zero attached hydrogens (tertiary/aromatic N) is 3. The van der Waals surface area contributed by atoms with E-state index >= 15 is 0 Å². The molecule has 0 atom stereocenters. The minimum Gasteiger partial charge on any atom is -0.320 e. The average Bonchev–Trinajstić information content (AvgIpc) is 2.90. The van der Waals surface area contributed by atoms with E-state index in [4.69, 9.17) is 0 Å². The van der Waals surface area contributed by atoms with Crippen LogP contribution in [0, 0.1) is 0 Å². The molecule has 190 valence electrons. The molecule has 1 N–H and O–H groups in total. The number of aromatic nitrogens is 1. The Hall–Kier alpha value is -3.75. The molecule has 1 fully saturated rings. The minimum absolute atomic E-state index is 0.265. The van der Waals surface area contributed by atoms with Gasteiger partial charge in [-0.05, 0) is 49.0 Å². The second-order valence-corrected chi connectivity index (χ2v) is 9.39. The number of piperazine rings is 1. The van der Waals surface area contributed by atoms with Gasteiger partial charge in [0.15, 0.2) is 0 Å². The number of rotatable bonds is 5. The molecule has 0 unspecified atom stereocenters. The van der Waals surface area contributed by atoms with Gasteiger partial charge in [-0.15, -0.1) is 0 Å². The Morgan fingerprint density at radius 1 is 0.919 bits per heavy atom. The highest BCUT2D eigenvalue weighted by Crippen LogP contribution is 2.33. The number of likely N-dealkylation sites (N-methyl/N-ethyl adjacent to an activating group) is 1. The molecule has 5 rings (SSSR count). The molecule has 1 amide bonds. The molecule has 37 heavy (non-hydrogen) atoms. The second kappa shape index (κ2) is 10.3. The number of nitrogens with one attached hydrogen (secondary N) is 1. The van der Waals surface area contributed by atoms with Crippen LogP contribution < -0.4 is 5.32 Å². The van der Waals surface area contributed by atoms with Crippen molar-refractivity contribution < 1.29 is 18.0 Å². The number of hydrogen-bond acceptors (Lipinski definition) is 4. The van der Waals surface area contributed by atoms with Gasteiger partial charge in [0.1, 0.15) is 0 Å². The van der Waals surface area contributed by atoms with Crippen LogP contribution in [-0.4, -0.2) is 53.9 Å². The normalized spacial score (nSPS) is 15.1. The number of hydrogen-bond donors (Lipinski definition) is 1. The quantitative estimate of drug-likeness (QED) is 0.367. The highest BCUT2D eigenvalue weighted by Gasteiger charge is 2.30. The smallest absolute Gasteiger partial charge is 0.320 e. The Bertz CT molecular complexity index is 1430. The van der Waals surface area contributed by atoms with E-state index in [9.17, 15) is 18.0 Å². The fourth-order valence-corrected chi connectivity index (χ4v) is 4.53. The van der Waals surface area contributed by atoms with Crippen LogP contribution in [-0.2, 0) is 12.7 Å². The van der Waals surface area contributed by atoms with Crippen LogP contribution >= 0.6 is 0 Å². The Morgan fingerprint density at radius 2 is 1.68 bits per heavy atom. The van der Waals surface area contributed by atoms with Crippen LogP contribution in [0.2, 0.25) is 0 Å². The fourth-order valence-electron chi connectivity index (χ4n) is 4.53. The fraction of sp³-hybridized carbons (Fsp3) is 0.241. The number of alkyl halides is 3. The van der Waals surface area contributed by atoms with Gasteiger partial charge in [-0.1, -0.05) is 42.5 Å². The molecule has 3 aromatic carbocycles. The Balaban J connectivity index is 1.39. The highest BCUT2D eigenvalue weighted by atomic mass is 19.4. The summed E-state index contributed by atoms with van der Waals surface area (Å²) < 4.78 is 39.6. The van der Waals surface area contributed by atoms with Gasteiger partial charge in [-0.25, -0.2) is 4.98 Å². The highest BCUT2D eigenvalue weighted by molar-refractivity contribution is 6.08. The van der Waals surface area contributed by atoms with Crippen molar-refractivity contribution in [2.24, 2.45) is 0 Å². The van der Waals surface area contributed by atoms with Crippen molar-refractivity contribution in [1.82, 2.24) is 14.8 Å². The van der Waals surface area contributed by atoms with Gasteiger partial charge in [0, 0.05) is 49.2 Å². The molecular formula is C29H27F3N4O. The maximum absolute atomic E-state index is 13.2. The average molecular weight is 505 g/mol. The van der Waals surface area contributed by atoms with Gasteiger partial charge in [0.25, 0.3) is 5.91 Å². The Labute approximate surface area is 213 Å². The van der Waals surface area contributed by atoms with Crippen molar-refractivity contribution in [3.05, 3.63) is 95.6 Å². The molecule has 1 aliphatic rings. The summed E-state index contributed by atoms with van der Waals surface area (Å²) in [6, 6.07) is 21.6. The van der Waals surface area contributed by atoms with Crippen LogP contribution in [0.5, 0.6) is 0 Å². The van der Waals surface area contributed by atoms with Crippen molar-refractivity contribution in [2.45, 2.75) is 12.7 Å². The number of para-hydroxylation sites is 1. The predicted octanol–water partition coefficient (Wildman–Crippen LogP) is 5.92. The largest absolute Gasteiger partial charge is 0.416 e. The first-order valence-corrected chi connectivity index (χ1v) is 12.1. The Kier molecular flexibility index (Phi) is 6.95. The number of carbonyl (C=O) groups excluding carboxylic acids is 1. The summed E-state index contributed by atoms with van der Waals surface area (Å²) in [4.78, 5) is 22.5. The van der Waals surface area contributed by atoms with Crippen LogP contribution in [0.4, 0.5) is 18.9 Å². The van der Waals surface area contributed by atoms with Crippen molar-refractivity contribution in [3.8, 4) is 11.3 Å². The summed E-state index contributed by atoms with van der Waals surface area (Å²) >= 11 is 0. The first kappa shape index (κ1) is 24.9. The zero-order valence-electron chi connectivity index (χ0n) is 20.4. The first-order chi connectivity index (χ1) is 17.8. The van der Waals surface area contributed by atoms with Crippen LogP contribution in [0.3, 0.4) is 0 Å². The number of fused-ring (bicyclic) bond motifs is 1. The SMILES string of the molecule is CN1CCN(Cc2cccc(C(=O)Nc3cccc4ccc(-c5cccc(C(F)(F)F)c5)nc34)c2)CC1. The van der Waals surface area contributed by atoms with E-state index in [1.54, 1.807) is 30.3 Å².